The number of carbonyl (C=O) groups excluding carboxylic acids is 1. The number of nitrogens with zero attached hydrogens (tertiary/aromatic N) is 1. The Morgan fingerprint density at radius 1 is 1.28 bits per heavy atom. The maximum Gasteiger partial charge on any atom is 0.228 e. The van der Waals surface area contributed by atoms with Gasteiger partial charge >= 0.3 is 0 Å². The van der Waals surface area contributed by atoms with Gasteiger partial charge in [-0.1, -0.05) is 44.0 Å². The normalized spacial score (nSPS) is 29.0. The zero-order chi connectivity index (χ0) is 18.1. The molecule has 0 unspecified atom stereocenters. The Morgan fingerprint density at radius 3 is 2.76 bits per heavy atom. The van der Waals surface area contributed by atoms with Gasteiger partial charge in [0.05, 0.1) is 11.2 Å². The molecular weight excluding hydrogens is 336 g/mol. The van der Waals surface area contributed by atoms with Crippen molar-refractivity contribution in [2.24, 2.45) is 5.41 Å². The third-order valence-corrected chi connectivity index (χ3v) is 7.91. The van der Waals surface area contributed by atoms with Crippen molar-refractivity contribution in [3.05, 3.63) is 35.4 Å². The van der Waals surface area contributed by atoms with E-state index < -0.39 is 15.4 Å². The van der Waals surface area contributed by atoms with Crippen LogP contribution in [-0.2, 0) is 21.4 Å². The van der Waals surface area contributed by atoms with Crippen LogP contribution in [-0.4, -0.2) is 37.0 Å². The van der Waals surface area contributed by atoms with E-state index in [0.29, 0.717) is 19.5 Å². The smallest absolute Gasteiger partial charge is 0.228 e. The van der Waals surface area contributed by atoms with Crippen LogP contribution in [0.1, 0.15) is 50.2 Å². The fraction of sp³-hybridized carbons (Fsp3) is 0.632. The summed E-state index contributed by atoms with van der Waals surface area (Å²) in [6.45, 7) is 4.85. The Labute approximate surface area is 150 Å². The maximum atomic E-state index is 13.2. The largest absolute Gasteiger partial charge is 0.351 e. The second kappa shape index (κ2) is 7.08. The molecule has 1 amide bonds. The molecule has 138 valence electrons. The second-order valence-corrected chi connectivity index (χ2v) is 9.34. The quantitative estimate of drug-likeness (QED) is 0.893. The van der Waals surface area contributed by atoms with Gasteiger partial charge in [0.1, 0.15) is 0 Å². The first-order chi connectivity index (χ1) is 11.9. The molecule has 1 aromatic rings. The number of carbonyl (C=O) groups is 1. The Morgan fingerprint density at radius 2 is 2.04 bits per heavy atom. The van der Waals surface area contributed by atoms with Gasteiger partial charge in [-0.15, -0.1) is 0 Å². The van der Waals surface area contributed by atoms with E-state index in [0.717, 1.165) is 36.8 Å². The van der Waals surface area contributed by atoms with E-state index >= 15 is 0 Å². The first-order valence-corrected chi connectivity index (χ1v) is 10.8. The zero-order valence-corrected chi connectivity index (χ0v) is 15.9. The molecule has 5 nitrogen and oxygen atoms in total. The molecule has 3 rings (SSSR count). The van der Waals surface area contributed by atoms with Crippen molar-refractivity contribution in [1.29, 1.82) is 0 Å². The van der Waals surface area contributed by atoms with Gasteiger partial charge in [-0.05, 0) is 37.3 Å². The summed E-state index contributed by atoms with van der Waals surface area (Å²) in [7, 11) is -3.24. The van der Waals surface area contributed by atoms with Gasteiger partial charge in [0.2, 0.25) is 15.9 Å². The highest BCUT2D eigenvalue weighted by molar-refractivity contribution is 7.89. The molecule has 1 aliphatic heterocycles. The monoisotopic (exact) mass is 364 g/mol. The van der Waals surface area contributed by atoms with Gasteiger partial charge in [0.25, 0.3) is 0 Å². The van der Waals surface area contributed by atoms with Gasteiger partial charge in [0, 0.05) is 19.1 Å². The first-order valence-electron chi connectivity index (χ1n) is 9.23. The van der Waals surface area contributed by atoms with Crippen molar-refractivity contribution >= 4 is 15.9 Å². The van der Waals surface area contributed by atoms with Crippen LogP contribution in [0.3, 0.4) is 0 Å². The van der Waals surface area contributed by atoms with Crippen LogP contribution in [0, 0.1) is 12.3 Å². The average molecular weight is 365 g/mol. The number of hydrogen-bond donors (Lipinski definition) is 1. The molecule has 1 aliphatic carbocycles. The molecule has 1 heterocycles. The molecule has 25 heavy (non-hydrogen) atoms. The molecule has 0 radical (unpaired) electrons. The summed E-state index contributed by atoms with van der Waals surface area (Å²) >= 11 is 0. The van der Waals surface area contributed by atoms with Crippen LogP contribution < -0.4 is 5.32 Å². The molecule has 0 spiro atoms. The molecule has 0 aromatic heterocycles. The summed E-state index contributed by atoms with van der Waals surface area (Å²) in [6.07, 6.45) is 3.99. The van der Waals surface area contributed by atoms with Crippen LogP contribution in [0.15, 0.2) is 24.3 Å². The molecule has 1 N–H and O–H groups in total. The standard InChI is InChI=1S/C19H28N2O3S/c1-3-21-17-10-6-7-11-19(17,12-13-25(21,23)24)18(22)20-14-16-9-5-4-8-15(16)2/h4-5,8-9,17H,3,6-7,10-14H2,1-2H3,(H,20,22)/t17-,19-/m1/s1. The van der Waals surface area contributed by atoms with E-state index in [2.05, 4.69) is 5.32 Å². The van der Waals surface area contributed by atoms with Crippen molar-refractivity contribution in [3.8, 4) is 0 Å². The van der Waals surface area contributed by atoms with Gasteiger partial charge in [-0.25, -0.2) is 8.42 Å². The molecule has 6 heteroatoms. The lowest BCUT2D eigenvalue weighted by Gasteiger charge is -2.50. The van der Waals surface area contributed by atoms with Crippen LogP contribution in [0.5, 0.6) is 0 Å². The predicted octanol–water partition coefficient (Wildman–Crippen LogP) is 2.60. The number of benzene rings is 1. The molecule has 1 saturated heterocycles. The Balaban J connectivity index is 1.82. The SMILES string of the molecule is CCN1[C@@H]2CCCC[C@@]2(C(=O)NCc2ccccc2C)CCS1(=O)=O. The minimum Gasteiger partial charge on any atom is -0.351 e. The summed E-state index contributed by atoms with van der Waals surface area (Å²) < 4.78 is 26.5. The van der Waals surface area contributed by atoms with Crippen LogP contribution in [0.2, 0.25) is 0 Å². The lowest BCUT2D eigenvalue weighted by molar-refractivity contribution is -0.137. The average Bonchev–Trinajstić information content (AvgIpc) is 2.60. The molecule has 1 saturated carbocycles. The van der Waals surface area contributed by atoms with E-state index in [9.17, 15) is 13.2 Å². The third-order valence-electron chi connectivity index (χ3n) is 5.96. The molecule has 2 aliphatic rings. The molecular formula is C19H28N2O3S. The van der Waals surface area contributed by atoms with E-state index in [1.165, 1.54) is 0 Å². The van der Waals surface area contributed by atoms with E-state index in [1.54, 1.807) is 4.31 Å². The van der Waals surface area contributed by atoms with Crippen molar-refractivity contribution in [1.82, 2.24) is 9.62 Å². The minimum absolute atomic E-state index is 0.0220. The highest BCUT2D eigenvalue weighted by atomic mass is 32.2. The third kappa shape index (κ3) is 3.34. The van der Waals surface area contributed by atoms with Crippen molar-refractivity contribution in [2.45, 2.75) is 58.5 Å². The van der Waals surface area contributed by atoms with Crippen molar-refractivity contribution in [3.63, 3.8) is 0 Å². The van der Waals surface area contributed by atoms with Crippen molar-refractivity contribution < 1.29 is 13.2 Å². The van der Waals surface area contributed by atoms with E-state index in [1.807, 2.05) is 38.1 Å². The van der Waals surface area contributed by atoms with Gasteiger partial charge < -0.3 is 5.32 Å². The number of fused-ring (bicyclic) bond motifs is 1. The summed E-state index contributed by atoms with van der Waals surface area (Å²) in [4.78, 5) is 13.2. The van der Waals surface area contributed by atoms with Crippen LogP contribution in [0.4, 0.5) is 0 Å². The Kier molecular flexibility index (Phi) is 5.21. The van der Waals surface area contributed by atoms with Crippen LogP contribution in [0.25, 0.3) is 0 Å². The fourth-order valence-corrected chi connectivity index (χ4v) is 6.45. The second-order valence-electron chi connectivity index (χ2n) is 7.30. The van der Waals surface area contributed by atoms with Crippen LogP contribution >= 0.6 is 0 Å². The summed E-state index contributed by atoms with van der Waals surface area (Å²) in [5.74, 6) is 0.101. The van der Waals surface area contributed by atoms with Crippen molar-refractivity contribution in [2.75, 3.05) is 12.3 Å². The highest BCUT2D eigenvalue weighted by Gasteiger charge is 2.54. The first kappa shape index (κ1) is 18.4. The number of amides is 1. The number of rotatable bonds is 4. The fourth-order valence-electron chi connectivity index (χ4n) is 4.51. The topological polar surface area (TPSA) is 66.5 Å². The Hall–Kier alpha value is -1.40. The molecule has 2 atom stereocenters. The zero-order valence-electron chi connectivity index (χ0n) is 15.1. The number of hydrogen-bond acceptors (Lipinski definition) is 3. The lowest BCUT2D eigenvalue weighted by Crippen LogP contribution is -2.62. The molecule has 1 aromatic carbocycles. The number of aryl methyl sites for hydroxylation is 1. The van der Waals surface area contributed by atoms with Gasteiger partial charge in [-0.2, -0.15) is 4.31 Å². The Bertz CT molecular complexity index is 747. The summed E-state index contributed by atoms with van der Waals surface area (Å²) in [6, 6.07) is 7.83. The lowest BCUT2D eigenvalue weighted by atomic mass is 9.67. The molecule has 0 bridgehead atoms. The van der Waals surface area contributed by atoms with E-state index in [-0.39, 0.29) is 17.7 Å². The highest BCUT2D eigenvalue weighted by Crippen LogP contribution is 2.46. The number of nitrogens with one attached hydrogen (secondary N) is 1. The predicted molar refractivity (Wildman–Crippen MR) is 98.5 cm³/mol. The maximum absolute atomic E-state index is 13.2. The number of sulfonamides is 1. The minimum atomic E-state index is -3.24. The van der Waals surface area contributed by atoms with Gasteiger partial charge in [-0.3, -0.25) is 4.79 Å². The summed E-state index contributed by atoms with van der Waals surface area (Å²) in [5.41, 5.74) is 1.69. The van der Waals surface area contributed by atoms with Gasteiger partial charge in [0.15, 0.2) is 0 Å². The summed E-state index contributed by atoms with van der Waals surface area (Å²) in [5, 5.41) is 3.11. The molecule has 2 fully saturated rings. The van der Waals surface area contributed by atoms with E-state index in [4.69, 9.17) is 0 Å².